The number of rotatable bonds is 7. The molecule has 0 aliphatic carbocycles. The van der Waals surface area contributed by atoms with E-state index in [4.69, 9.17) is 9.15 Å². The lowest BCUT2D eigenvalue weighted by Gasteiger charge is -2.12. The molecule has 8 heteroatoms. The number of hydrogen-bond acceptors (Lipinski definition) is 5. The Labute approximate surface area is 149 Å². The molecule has 0 radical (unpaired) electrons. The Morgan fingerprint density at radius 1 is 1.31 bits per heavy atom. The van der Waals surface area contributed by atoms with Crippen LogP contribution in [0.5, 0.6) is 5.75 Å². The second-order valence-corrected chi connectivity index (χ2v) is 5.49. The van der Waals surface area contributed by atoms with Crippen molar-refractivity contribution in [1.82, 2.24) is 15.1 Å². The summed E-state index contributed by atoms with van der Waals surface area (Å²) in [5, 5.41) is 16.0. The summed E-state index contributed by atoms with van der Waals surface area (Å²) in [6.07, 6.45) is 4.38. The average Bonchev–Trinajstić information content (AvgIpc) is 3.32. The first-order valence-electron chi connectivity index (χ1n) is 7.82. The lowest BCUT2D eigenvalue weighted by molar-refractivity contribution is -0.139. The predicted octanol–water partition coefficient (Wildman–Crippen LogP) is 1.90. The van der Waals surface area contributed by atoms with Gasteiger partial charge in [-0.2, -0.15) is 5.10 Å². The SMILES string of the molecule is COc1ccccc1-n1cc(C(=O)NC(Cc2ccco2)C(=O)O)cn1. The molecule has 0 aliphatic heterocycles. The van der Waals surface area contributed by atoms with E-state index >= 15 is 0 Å². The topological polar surface area (TPSA) is 107 Å². The standard InChI is InChI=1S/C18H17N3O5/c1-25-16-7-3-2-6-15(16)21-11-12(10-19-21)17(22)20-14(18(23)24)9-13-5-4-8-26-13/h2-8,10-11,14H,9H2,1H3,(H,20,22)(H,23,24). The van der Waals surface area contributed by atoms with Crippen molar-refractivity contribution in [3.05, 3.63) is 66.4 Å². The number of carbonyl (C=O) groups is 2. The van der Waals surface area contributed by atoms with Crippen molar-refractivity contribution in [3.8, 4) is 11.4 Å². The second-order valence-electron chi connectivity index (χ2n) is 5.49. The van der Waals surface area contributed by atoms with E-state index in [0.29, 0.717) is 17.2 Å². The zero-order chi connectivity index (χ0) is 18.5. The Kier molecular flexibility index (Phi) is 5.02. The third-order valence-electron chi connectivity index (χ3n) is 3.77. The number of hydrogen-bond donors (Lipinski definition) is 2. The van der Waals surface area contributed by atoms with Crippen molar-refractivity contribution >= 4 is 11.9 Å². The van der Waals surface area contributed by atoms with E-state index < -0.39 is 17.9 Å². The van der Waals surface area contributed by atoms with E-state index in [1.807, 2.05) is 12.1 Å². The van der Waals surface area contributed by atoms with E-state index in [-0.39, 0.29) is 12.0 Å². The number of aliphatic carboxylic acids is 1. The maximum atomic E-state index is 12.4. The average molecular weight is 355 g/mol. The number of ether oxygens (including phenoxy) is 1. The van der Waals surface area contributed by atoms with E-state index in [1.165, 1.54) is 23.3 Å². The van der Waals surface area contributed by atoms with Gasteiger partial charge in [0.25, 0.3) is 5.91 Å². The van der Waals surface area contributed by atoms with Crippen LogP contribution in [0.4, 0.5) is 0 Å². The Balaban J connectivity index is 1.75. The minimum Gasteiger partial charge on any atom is -0.494 e. The zero-order valence-corrected chi connectivity index (χ0v) is 14.0. The molecule has 1 aromatic carbocycles. The van der Waals surface area contributed by atoms with Crippen molar-refractivity contribution in [2.75, 3.05) is 7.11 Å². The summed E-state index contributed by atoms with van der Waals surface area (Å²) < 4.78 is 11.9. The molecule has 2 heterocycles. The van der Waals surface area contributed by atoms with Gasteiger partial charge in [-0.1, -0.05) is 12.1 Å². The van der Waals surface area contributed by atoms with Crippen molar-refractivity contribution in [2.24, 2.45) is 0 Å². The van der Waals surface area contributed by atoms with Gasteiger partial charge in [0.05, 0.1) is 25.1 Å². The predicted molar refractivity (Wildman–Crippen MR) is 91.4 cm³/mol. The highest BCUT2D eigenvalue weighted by molar-refractivity contribution is 5.96. The lowest BCUT2D eigenvalue weighted by Crippen LogP contribution is -2.42. The van der Waals surface area contributed by atoms with Crippen LogP contribution in [0.15, 0.2) is 59.5 Å². The molecule has 26 heavy (non-hydrogen) atoms. The van der Waals surface area contributed by atoms with E-state index in [2.05, 4.69) is 10.4 Å². The van der Waals surface area contributed by atoms with Gasteiger partial charge in [0.15, 0.2) is 0 Å². The monoisotopic (exact) mass is 355 g/mol. The summed E-state index contributed by atoms with van der Waals surface area (Å²) in [6, 6.07) is 9.43. The number of carboxylic acids is 1. The second kappa shape index (κ2) is 7.56. The number of furan rings is 1. The van der Waals surface area contributed by atoms with Crippen LogP contribution < -0.4 is 10.1 Å². The highest BCUT2D eigenvalue weighted by atomic mass is 16.5. The third kappa shape index (κ3) is 3.75. The molecule has 0 saturated carbocycles. The number of carbonyl (C=O) groups excluding carboxylic acids is 1. The van der Waals surface area contributed by atoms with Crippen LogP contribution in [-0.2, 0) is 11.2 Å². The zero-order valence-electron chi connectivity index (χ0n) is 14.0. The van der Waals surface area contributed by atoms with E-state index in [1.54, 1.807) is 31.4 Å². The Bertz CT molecular complexity index is 901. The van der Waals surface area contributed by atoms with Crippen LogP contribution in [0.2, 0.25) is 0 Å². The molecule has 1 atom stereocenters. The molecule has 0 aliphatic rings. The first-order chi connectivity index (χ1) is 12.6. The molecule has 2 N–H and O–H groups in total. The van der Waals surface area contributed by atoms with Gasteiger partial charge in [-0.15, -0.1) is 0 Å². The largest absolute Gasteiger partial charge is 0.494 e. The molecular formula is C18H17N3O5. The van der Waals surface area contributed by atoms with Gasteiger partial charge in [-0.05, 0) is 24.3 Å². The van der Waals surface area contributed by atoms with Crippen LogP contribution in [0.3, 0.4) is 0 Å². The van der Waals surface area contributed by atoms with Crippen LogP contribution in [0.25, 0.3) is 5.69 Å². The number of methoxy groups -OCH3 is 1. The first kappa shape index (κ1) is 17.3. The number of aromatic nitrogens is 2. The summed E-state index contributed by atoms with van der Waals surface area (Å²) in [5.41, 5.74) is 0.904. The minimum atomic E-state index is -1.15. The normalized spacial score (nSPS) is 11.7. The van der Waals surface area contributed by atoms with Gasteiger partial charge in [0.1, 0.15) is 23.2 Å². The van der Waals surface area contributed by atoms with E-state index in [9.17, 15) is 14.7 Å². The number of amides is 1. The van der Waals surface area contributed by atoms with Crippen molar-refractivity contribution in [1.29, 1.82) is 0 Å². The fraction of sp³-hybridized carbons (Fsp3) is 0.167. The molecule has 8 nitrogen and oxygen atoms in total. The lowest BCUT2D eigenvalue weighted by atomic mass is 10.1. The van der Waals surface area contributed by atoms with E-state index in [0.717, 1.165) is 0 Å². The molecule has 0 spiro atoms. The molecule has 0 bridgehead atoms. The number of nitrogens with one attached hydrogen (secondary N) is 1. The molecule has 2 aromatic heterocycles. The molecule has 3 aromatic rings. The third-order valence-corrected chi connectivity index (χ3v) is 3.77. The van der Waals surface area contributed by atoms with Crippen LogP contribution in [0, 0.1) is 0 Å². The number of carboxylic acid groups (broad SMARTS) is 1. The smallest absolute Gasteiger partial charge is 0.326 e. The highest BCUT2D eigenvalue weighted by Gasteiger charge is 2.23. The molecule has 0 fully saturated rings. The summed E-state index contributed by atoms with van der Waals surface area (Å²) in [6.45, 7) is 0. The molecule has 1 unspecified atom stereocenters. The molecular weight excluding hydrogens is 338 g/mol. The van der Waals surface area contributed by atoms with Gasteiger partial charge < -0.3 is 19.6 Å². The summed E-state index contributed by atoms with van der Waals surface area (Å²) in [7, 11) is 1.54. The van der Waals surface area contributed by atoms with Gasteiger partial charge >= 0.3 is 5.97 Å². The summed E-state index contributed by atoms with van der Waals surface area (Å²) in [4.78, 5) is 23.8. The van der Waals surface area contributed by atoms with Crippen molar-refractivity contribution in [3.63, 3.8) is 0 Å². The van der Waals surface area contributed by atoms with Crippen LogP contribution in [-0.4, -0.2) is 39.9 Å². The fourth-order valence-corrected chi connectivity index (χ4v) is 2.46. The Hall–Kier alpha value is -3.55. The number of benzene rings is 1. The molecule has 134 valence electrons. The number of para-hydroxylation sites is 2. The quantitative estimate of drug-likeness (QED) is 0.670. The fourth-order valence-electron chi connectivity index (χ4n) is 2.46. The molecule has 0 saturated heterocycles. The first-order valence-corrected chi connectivity index (χ1v) is 7.82. The molecule has 3 rings (SSSR count). The van der Waals surface area contributed by atoms with Crippen LogP contribution in [0.1, 0.15) is 16.1 Å². The maximum Gasteiger partial charge on any atom is 0.326 e. The highest BCUT2D eigenvalue weighted by Crippen LogP contribution is 2.21. The van der Waals surface area contributed by atoms with Gasteiger partial charge in [0, 0.05) is 12.6 Å². The summed E-state index contributed by atoms with van der Waals surface area (Å²) in [5.74, 6) is -0.608. The Morgan fingerprint density at radius 2 is 2.12 bits per heavy atom. The minimum absolute atomic E-state index is 0.0503. The van der Waals surface area contributed by atoms with Crippen LogP contribution >= 0.6 is 0 Å². The van der Waals surface area contributed by atoms with Crippen molar-refractivity contribution < 1.29 is 23.8 Å². The van der Waals surface area contributed by atoms with Gasteiger partial charge in [-0.3, -0.25) is 4.79 Å². The number of nitrogens with zero attached hydrogens (tertiary/aromatic N) is 2. The Morgan fingerprint density at radius 3 is 2.81 bits per heavy atom. The maximum absolute atomic E-state index is 12.4. The molecule has 1 amide bonds. The van der Waals surface area contributed by atoms with Crippen molar-refractivity contribution in [2.45, 2.75) is 12.5 Å². The van der Waals surface area contributed by atoms with Gasteiger partial charge in [0.2, 0.25) is 0 Å². The van der Waals surface area contributed by atoms with Gasteiger partial charge in [-0.25, -0.2) is 9.48 Å². The summed E-state index contributed by atoms with van der Waals surface area (Å²) >= 11 is 0.